The fraction of sp³-hybridized carbons (Fsp3) is 0.235. The Bertz CT molecular complexity index is 612. The lowest BCUT2D eigenvalue weighted by molar-refractivity contribution is -0.130. The van der Waals surface area contributed by atoms with E-state index in [-0.39, 0.29) is 11.7 Å². The number of amides is 1. The fourth-order valence-electron chi connectivity index (χ4n) is 2.09. The zero-order chi connectivity index (χ0) is 15.2. The first-order chi connectivity index (χ1) is 10.0. The van der Waals surface area contributed by atoms with Crippen molar-refractivity contribution in [1.29, 1.82) is 0 Å². The van der Waals surface area contributed by atoms with Crippen LogP contribution in [-0.4, -0.2) is 17.9 Å². The topological polar surface area (TPSA) is 20.3 Å². The summed E-state index contributed by atoms with van der Waals surface area (Å²) in [6.07, 6.45) is 1.18. The van der Waals surface area contributed by atoms with Gasteiger partial charge in [-0.2, -0.15) is 0 Å². The average molecular weight is 350 g/mol. The molecule has 0 aliphatic heterocycles. The Kier molecular flexibility index (Phi) is 5.51. The number of carbonyl (C=O) groups excluding carboxylic acids is 1. The van der Waals surface area contributed by atoms with Crippen LogP contribution >= 0.6 is 15.9 Å². The highest BCUT2D eigenvalue weighted by Gasteiger charge is 2.09. The van der Waals surface area contributed by atoms with Crippen LogP contribution in [0.15, 0.2) is 53.0 Å². The minimum Gasteiger partial charge on any atom is -0.341 e. The highest BCUT2D eigenvalue weighted by Crippen LogP contribution is 2.14. The number of rotatable bonds is 5. The predicted molar refractivity (Wildman–Crippen MR) is 85.3 cm³/mol. The first-order valence-electron chi connectivity index (χ1n) is 6.77. The second kappa shape index (κ2) is 7.36. The third kappa shape index (κ3) is 4.97. The Morgan fingerprint density at radius 3 is 2.52 bits per heavy atom. The van der Waals surface area contributed by atoms with Crippen molar-refractivity contribution >= 4 is 21.8 Å². The van der Waals surface area contributed by atoms with Gasteiger partial charge in [-0.25, -0.2) is 4.39 Å². The summed E-state index contributed by atoms with van der Waals surface area (Å²) in [6, 6.07) is 14.2. The molecule has 0 fully saturated rings. The van der Waals surface area contributed by atoms with Crippen LogP contribution in [0.4, 0.5) is 4.39 Å². The van der Waals surface area contributed by atoms with Crippen molar-refractivity contribution in [2.24, 2.45) is 0 Å². The van der Waals surface area contributed by atoms with E-state index in [2.05, 4.69) is 15.9 Å². The monoisotopic (exact) mass is 349 g/mol. The molecule has 0 saturated heterocycles. The van der Waals surface area contributed by atoms with Gasteiger partial charge in [-0.1, -0.05) is 40.2 Å². The quantitative estimate of drug-likeness (QED) is 0.792. The van der Waals surface area contributed by atoms with Crippen LogP contribution in [0, 0.1) is 5.82 Å². The van der Waals surface area contributed by atoms with Crippen molar-refractivity contribution in [2.75, 3.05) is 7.05 Å². The van der Waals surface area contributed by atoms with Gasteiger partial charge in [0.1, 0.15) is 5.82 Å². The van der Waals surface area contributed by atoms with E-state index >= 15 is 0 Å². The molecule has 0 atom stereocenters. The maximum Gasteiger partial charge on any atom is 0.222 e. The third-order valence-corrected chi connectivity index (χ3v) is 3.77. The van der Waals surface area contributed by atoms with Gasteiger partial charge < -0.3 is 4.90 Å². The van der Waals surface area contributed by atoms with E-state index in [0.29, 0.717) is 19.4 Å². The van der Waals surface area contributed by atoms with Crippen molar-refractivity contribution in [1.82, 2.24) is 4.90 Å². The van der Waals surface area contributed by atoms with Crippen LogP contribution in [-0.2, 0) is 17.8 Å². The van der Waals surface area contributed by atoms with Crippen molar-refractivity contribution in [3.05, 3.63) is 69.9 Å². The molecular formula is C17H17BrFNO. The van der Waals surface area contributed by atoms with Gasteiger partial charge in [0, 0.05) is 24.5 Å². The number of hydrogen-bond donors (Lipinski definition) is 0. The lowest BCUT2D eigenvalue weighted by Gasteiger charge is -2.17. The number of carbonyl (C=O) groups is 1. The Hall–Kier alpha value is -1.68. The molecule has 2 nitrogen and oxygen atoms in total. The summed E-state index contributed by atoms with van der Waals surface area (Å²) >= 11 is 3.42. The maximum absolute atomic E-state index is 12.8. The van der Waals surface area contributed by atoms with E-state index in [1.54, 1.807) is 24.1 Å². The van der Waals surface area contributed by atoms with Crippen molar-refractivity contribution < 1.29 is 9.18 Å². The van der Waals surface area contributed by atoms with Crippen LogP contribution in [0.25, 0.3) is 0 Å². The normalized spacial score (nSPS) is 10.4. The van der Waals surface area contributed by atoms with Crippen LogP contribution in [0.2, 0.25) is 0 Å². The highest BCUT2D eigenvalue weighted by molar-refractivity contribution is 9.10. The Labute approximate surface area is 132 Å². The predicted octanol–water partition coefficient (Wildman–Crippen LogP) is 4.18. The molecule has 0 unspecified atom stereocenters. The van der Waals surface area contributed by atoms with E-state index in [9.17, 15) is 9.18 Å². The summed E-state index contributed by atoms with van der Waals surface area (Å²) in [5.41, 5.74) is 2.06. The minimum atomic E-state index is -0.262. The van der Waals surface area contributed by atoms with Crippen LogP contribution in [0.1, 0.15) is 17.5 Å². The number of halogens is 2. The Morgan fingerprint density at radius 1 is 1.14 bits per heavy atom. The smallest absolute Gasteiger partial charge is 0.222 e. The average Bonchev–Trinajstić information content (AvgIpc) is 2.47. The number of nitrogens with zero attached hydrogens (tertiary/aromatic N) is 1. The van der Waals surface area contributed by atoms with E-state index < -0.39 is 0 Å². The lowest BCUT2D eigenvalue weighted by atomic mass is 10.1. The molecule has 4 heteroatoms. The van der Waals surface area contributed by atoms with Gasteiger partial charge in [0.15, 0.2) is 0 Å². The van der Waals surface area contributed by atoms with Gasteiger partial charge in [0.05, 0.1) is 0 Å². The van der Waals surface area contributed by atoms with Crippen molar-refractivity contribution in [2.45, 2.75) is 19.4 Å². The second-order valence-electron chi connectivity index (χ2n) is 5.01. The molecular weight excluding hydrogens is 333 g/mol. The van der Waals surface area contributed by atoms with E-state index in [1.165, 1.54) is 12.1 Å². The molecule has 0 heterocycles. The van der Waals surface area contributed by atoms with Gasteiger partial charge in [-0.05, 0) is 41.8 Å². The van der Waals surface area contributed by atoms with Gasteiger partial charge >= 0.3 is 0 Å². The molecule has 21 heavy (non-hydrogen) atoms. The SMILES string of the molecule is CN(Cc1ccc(F)cc1)C(=O)CCc1cccc(Br)c1. The fourth-order valence-corrected chi connectivity index (χ4v) is 2.53. The molecule has 0 saturated carbocycles. The number of aryl methyl sites for hydroxylation is 1. The molecule has 0 aliphatic carbocycles. The molecule has 2 aromatic rings. The largest absolute Gasteiger partial charge is 0.341 e. The Morgan fingerprint density at radius 2 is 1.86 bits per heavy atom. The van der Waals surface area contributed by atoms with E-state index in [4.69, 9.17) is 0 Å². The third-order valence-electron chi connectivity index (χ3n) is 3.28. The molecule has 2 rings (SSSR count). The number of benzene rings is 2. The molecule has 2 aromatic carbocycles. The molecule has 0 N–H and O–H groups in total. The van der Waals surface area contributed by atoms with Gasteiger partial charge in [0.2, 0.25) is 5.91 Å². The molecule has 0 radical (unpaired) electrons. The van der Waals surface area contributed by atoms with Gasteiger partial charge in [-0.3, -0.25) is 4.79 Å². The lowest BCUT2D eigenvalue weighted by Crippen LogP contribution is -2.26. The zero-order valence-electron chi connectivity index (χ0n) is 11.9. The van der Waals surface area contributed by atoms with Gasteiger partial charge in [-0.15, -0.1) is 0 Å². The van der Waals surface area contributed by atoms with Crippen LogP contribution in [0.5, 0.6) is 0 Å². The van der Waals surface area contributed by atoms with Crippen LogP contribution in [0.3, 0.4) is 0 Å². The van der Waals surface area contributed by atoms with E-state index in [1.807, 2.05) is 24.3 Å². The molecule has 110 valence electrons. The molecule has 0 aromatic heterocycles. The highest BCUT2D eigenvalue weighted by atomic mass is 79.9. The first-order valence-corrected chi connectivity index (χ1v) is 7.57. The Balaban J connectivity index is 1.86. The summed E-state index contributed by atoms with van der Waals surface area (Å²) in [6.45, 7) is 0.498. The van der Waals surface area contributed by atoms with Crippen molar-refractivity contribution in [3.8, 4) is 0 Å². The zero-order valence-corrected chi connectivity index (χ0v) is 13.4. The molecule has 0 spiro atoms. The maximum atomic E-state index is 12.8. The summed E-state index contributed by atoms with van der Waals surface area (Å²) in [7, 11) is 1.77. The summed E-state index contributed by atoms with van der Waals surface area (Å²) < 4.78 is 13.9. The standard InChI is InChI=1S/C17H17BrFNO/c1-20(12-14-5-8-16(19)9-6-14)17(21)10-7-13-3-2-4-15(18)11-13/h2-6,8-9,11H,7,10,12H2,1H3. The first kappa shape index (κ1) is 15.7. The van der Waals surface area contributed by atoms with E-state index in [0.717, 1.165) is 15.6 Å². The second-order valence-corrected chi connectivity index (χ2v) is 5.92. The van der Waals surface area contributed by atoms with Crippen LogP contribution < -0.4 is 0 Å². The summed E-state index contributed by atoms with van der Waals surface area (Å²) in [5, 5.41) is 0. The minimum absolute atomic E-state index is 0.0827. The summed E-state index contributed by atoms with van der Waals surface area (Å²) in [4.78, 5) is 13.8. The van der Waals surface area contributed by atoms with Crippen molar-refractivity contribution in [3.63, 3.8) is 0 Å². The summed E-state index contributed by atoms with van der Waals surface area (Å²) in [5.74, 6) is -0.179. The molecule has 0 bridgehead atoms. The molecule has 0 aliphatic rings. The molecule has 1 amide bonds. The van der Waals surface area contributed by atoms with Gasteiger partial charge in [0.25, 0.3) is 0 Å². The number of hydrogen-bond acceptors (Lipinski definition) is 1.